The minimum Gasteiger partial charge on any atom is -0.362 e. The third-order valence-electron chi connectivity index (χ3n) is 4.84. The maximum Gasteiger partial charge on any atom is 0.416 e. The molecule has 4 rings (SSSR count). The van der Waals surface area contributed by atoms with Gasteiger partial charge < -0.3 is 9.30 Å². The summed E-state index contributed by atoms with van der Waals surface area (Å²) in [5.41, 5.74) is -0.575. The maximum absolute atomic E-state index is 13.1. The number of hydrogen-bond acceptors (Lipinski definition) is 9. The quantitative estimate of drug-likeness (QED) is 0.405. The predicted octanol–water partition coefficient (Wildman–Crippen LogP) is 2.10. The summed E-state index contributed by atoms with van der Waals surface area (Å²) in [7, 11) is -0.873. The van der Waals surface area contributed by atoms with Crippen LogP contribution in [0.1, 0.15) is 12.5 Å². The Hall–Kier alpha value is -3.46. The minimum absolute atomic E-state index is 0.000815. The fourth-order valence-corrected chi connectivity index (χ4v) is 4.18. The van der Waals surface area contributed by atoms with Gasteiger partial charge >= 0.3 is 6.18 Å². The first kappa shape index (κ1) is 22.7. The van der Waals surface area contributed by atoms with Gasteiger partial charge in [-0.1, -0.05) is 12.1 Å². The summed E-state index contributed by atoms with van der Waals surface area (Å²) in [6, 6.07) is 3.04. The summed E-state index contributed by atoms with van der Waals surface area (Å²) in [5, 5.41) is 15.8. The zero-order valence-corrected chi connectivity index (χ0v) is 18.4. The largest absolute Gasteiger partial charge is 0.416 e. The minimum atomic E-state index is -4.57. The molecule has 0 spiro atoms. The number of alkyl halides is 3. The van der Waals surface area contributed by atoms with E-state index in [-0.39, 0.29) is 46.1 Å². The van der Waals surface area contributed by atoms with Crippen LogP contribution in [0.25, 0.3) is 34.2 Å². The monoisotopic (exact) mass is 482 g/mol. The van der Waals surface area contributed by atoms with Gasteiger partial charge in [0, 0.05) is 20.4 Å². The van der Waals surface area contributed by atoms with Crippen LogP contribution in [0.3, 0.4) is 0 Å². The Kier molecular flexibility index (Phi) is 5.61. The molecular formula is C18H17F3N8O3S. The van der Waals surface area contributed by atoms with Gasteiger partial charge in [0.15, 0.2) is 21.5 Å². The summed E-state index contributed by atoms with van der Waals surface area (Å²) in [6.07, 6.45) is -3.56. The van der Waals surface area contributed by atoms with Crippen molar-refractivity contribution in [1.82, 2.24) is 39.7 Å². The molecule has 0 aliphatic rings. The molecule has 0 N–H and O–H groups in total. The van der Waals surface area contributed by atoms with E-state index in [0.29, 0.717) is 5.52 Å². The topological polar surface area (TPSA) is 131 Å². The Bertz CT molecular complexity index is 1450. The van der Waals surface area contributed by atoms with Gasteiger partial charge in [-0.05, 0) is 18.2 Å². The van der Waals surface area contributed by atoms with E-state index in [2.05, 4.69) is 30.5 Å². The molecule has 0 saturated heterocycles. The SMILES string of the molecule is CCS(=O)(=O)c1cc2c(nnn2COC)nc1-c1nnc(-c2cc(C(F)(F)F)ccn2)n1C. The molecule has 0 aliphatic heterocycles. The number of nitrogens with zero attached hydrogens (tertiary/aromatic N) is 8. The molecule has 0 unspecified atom stereocenters. The van der Waals surface area contributed by atoms with Gasteiger partial charge in [-0.15, -0.1) is 15.3 Å². The third kappa shape index (κ3) is 4.04. The summed E-state index contributed by atoms with van der Waals surface area (Å²) in [6.45, 7) is 1.50. The summed E-state index contributed by atoms with van der Waals surface area (Å²) < 4.78 is 72.8. The fraction of sp³-hybridized carbons (Fsp3) is 0.333. The number of hydrogen-bond donors (Lipinski definition) is 0. The summed E-state index contributed by atoms with van der Waals surface area (Å²) in [5.74, 6) is -0.209. The molecule has 4 aromatic rings. The Morgan fingerprint density at radius 1 is 1.12 bits per heavy atom. The number of aromatic nitrogens is 8. The van der Waals surface area contributed by atoms with Crippen molar-refractivity contribution in [1.29, 1.82) is 0 Å². The molecule has 0 fully saturated rings. The number of ether oxygens (including phenoxy) is 1. The lowest BCUT2D eigenvalue weighted by Crippen LogP contribution is -2.10. The first-order valence-corrected chi connectivity index (χ1v) is 11.1. The van der Waals surface area contributed by atoms with Crippen LogP contribution < -0.4 is 0 Å². The highest BCUT2D eigenvalue weighted by Crippen LogP contribution is 2.33. The second-order valence-electron chi connectivity index (χ2n) is 6.92. The number of sulfone groups is 1. The van der Waals surface area contributed by atoms with Crippen molar-refractivity contribution in [2.75, 3.05) is 12.9 Å². The molecule has 11 nitrogen and oxygen atoms in total. The van der Waals surface area contributed by atoms with Crippen molar-refractivity contribution < 1.29 is 26.3 Å². The van der Waals surface area contributed by atoms with Crippen LogP contribution in [0.4, 0.5) is 13.2 Å². The molecule has 0 radical (unpaired) electrons. The van der Waals surface area contributed by atoms with E-state index in [0.717, 1.165) is 18.3 Å². The van der Waals surface area contributed by atoms with E-state index in [1.165, 1.54) is 36.4 Å². The zero-order valence-electron chi connectivity index (χ0n) is 17.6. The van der Waals surface area contributed by atoms with Crippen molar-refractivity contribution >= 4 is 21.0 Å². The lowest BCUT2D eigenvalue weighted by Gasteiger charge is -2.10. The molecule has 0 bridgehead atoms. The molecule has 4 aromatic heterocycles. The van der Waals surface area contributed by atoms with Crippen molar-refractivity contribution in [3.05, 3.63) is 30.0 Å². The van der Waals surface area contributed by atoms with Crippen LogP contribution >= 0.6 is 0 Å². The molecule has 15 heteroatoms. The second-order valence-corrected chi connectivity index (χ2v) is 9.17. The lowest BCUT2D eigenvalue weighted by atomic mass is 10.2. The Balaban J connectivity index is 1.92. The van der Waals surface area contributed by atoms with Crippen LogP contribution in [0, 0.1) is 0 Å². The van der Waals surface area contributed by atoms with E-state index in [4.69, 9.17) is 4.74 Å². The van der Waals surface area contributed by atoms with E-state index in [1.54, 1.807) is 0 Å². The Morgan fingerprint density at radius 3 is 2.52 bits per heavy atom. The summed E-state index contributed by atoms with van der Waals surface area (Å²) in [4.78, 5) is 8.14. The average Bonchev–Trinajstić information content (AvgIpc) is 3.35. The van der Waals surface area contributed by atoms with Crippen LogP contribution in [-0.2, 0) is 34.5 Å². The molecule has 0 aromatic carbocycles. The van der Waals surface area contributed by atoms with Gasteiger partial charge in [0.1, 0.15) is 23.6 Å². The van der Waals surface area contributed by atoms with Crippen LogP contribution in [0.2, 0.25) is 0 Å². The molecule has 33 heavy (non-hydrogen) atoms. The highest BCUT2D eigenvalue weighted by atomic mass is 32.2. The molecule has 174 valence electrons. The first-order chi connectivity index (χ1) is 15.6. The van der Waals surface area contributed by atoms with Gasteiger partial charge in [-0.2, -0.15) is 13.2 Å². The van der Waals surface area contributed by atoms with Gasteiger partial charge in [0.25, 0.3) is 0 Å². The highest BCUT2D eigenvalue weighted by Gasteiger charge is 2.32. The molecule has 0 amide bonds. The number of pyridine rings is 2. The average molecular weight is 482 g/mol. The number of fused-ring (bicyclic) bond motifs is 1. The van der Waals surface area contributed by atoms with E-state index < -0.39 is 21.6 Å². The smallest absolute Gasteiger partial charge is 0.362 e. The maximum atomic E-state index is 13.1. The highest BCUT2D eigenvalue weighted by molar-refractivity contribution is 7.91. The van der Waals surface area contributed by atoms with Crippen LogP contribution in [0.15, 0.2) is 29.3 Å². The number of halogens is 3. The number of methoxy groups -OCH3 is 1. The Morgan fingerprint density at radius 2 is 1.85 bits per heavy atom. The second kappa shape index (κ2) is 8.15. The normalized spacial score (nSPS) is 12.5. The van der Waals surface area contributed by atoms with Crippen molar-refractivity contribution in [2.24, 2.45) is 7.05 Å². The first-order valence-electron chi connectivity index (χ1n) is 9.46. The predicted molar refractivity (Wildman–Crippen MR) is 108 cm³/mol. The van der Waals surface area contributed by atoms with E-state index >= 15 is 0 Å². The van der Waals surface area contributed by atoms with Gasteiger partial charge in [-0.25, -0.2) is 18.1 Å². The van der Waals surface area contributed by atoms with Crippen molar-refractivity contribution in [2.45, 2.75) is 24.7 Å². The van der Waals surface area contributed by atoms with Crippen molar-refractivity contribution in [3.8, 4) is 23.0 Å². The van der Waals surface area contributed by atoms with E-state index in [9.17, 15) is 21.6 Å². The van der Waals surface area contributed by atoms with Gasteiger partial charge in [-0.3, -0.25) is 4.98 Å². The van der Waals surface area contributed by atoms with Gasteiger partial charge in [0.05, 0.1) is 16.2 Å². The lowest BCUT2D eigenvalue weighted by molar-refractivity contribution is -0.137. The standard InChI is InChI=1S/C18H17F3N8O3S/c1-4-33(30,31)13-8-12-15(24-27-29(12)9-32-3)23-14(13)17-26-25-16(28(17)2)11-7-10(5-6-22-11)18(19,20)21/h5-8H,4,9H2,1-3H3. The fourth-order valence-electron chi connectivity index (χ4n) is 3.14. The molecule has 0 aliphatic carbocycles. The van der Waals surface area contributed by atoms with Gasteiger partial charge in [0.2, 0.25) is 5.65 Å². The van der Waals surface area contributed by atoms with Crippen molar-refractivity contribution in [3.63, 3.8) is 0 Å². The zero-order chi connectivity index (χ0) is 24.0. The van der Waals surface area contributed by atoms with E-state index in [1.807, 2.05) is 0 Å². The molecule has 0 atom stereocenters. The van der Waals surface area contributed by atoms with Crippen LogP contribution in [-0.4, -0.2) is 61.0 Å². The number of rotatable bonds is 6. The summed E-state index contributed by atoms with van der Waals surface area (Å²) >= 11 is 0. The Labute approximate surface area is 185 Å². The molecular weight excluding hydrogens is 465 g/mol. The third-order valence-corrected chi connectivity index (χ3v) is 6.58. The molecule has 4 heterocycles. The van der Waals surface area contributed by atoms with Crippen LogP contribution in [0.5, 0.6) is 0 Å². The molecule has 0 saturated carbocycles.